The number of fused-ring (bicyclic) bond motifs is 2. The van der Waals surface area contributed by atoms with E-state index in [9.17, 15) is 8.42 Å². The van der Waals surface area contributed by atoms with Crippen LogP contribution in [0.3, 0.4) is 0 Å². The molecule has 4 rings (SSSR count). The molecule has 25 heavy (non-hydrogen) atoms. The lowest BCUT2D eigenvalue weighted by atomic mass is 10.2. The van der Waals surface area contributed by atoms with Crippen LogP contribution in [-0.2, 0) is 22.9 Å². The first kappa shape index (κ1) is 16.1. The molecule has 7 heteroatoms. The molecule has 0 amide bonds. The highest BCUT2D eigenvalue weighted by Gasteiger charge is 2.27. The Morgan fingerprint density at radius 1 is 1.28 bits per heavy atom. The van der Waals surface area contributed by atoms with E-state index in [1.807, 2.05) is 13.1 Å². The second kappa shape index (κ2) is 6.16. The van der Waals surface area contributed by atoms with Gasteiger partial charge in [-0.1, -0.05) is 6.07 Å². The van der Waals surface area contributed by atoms with E-state index in [-0.39, 0.29) is 0 Å². The van der Waals surface area contributed by atoms with Gasteiger partial charge in [-0.05, 0) is 49.8 Å². The lowest BCUT2D eigenvalue weighted by molar-refractivity contribution is 0.357. The van der Waals surface area contributed by atoms with Gasteiger partial charge in [-0.15, -0.1) is 0 Å². The fraction of sp³-hybridized carbons (Fsp3) is 0.278. The van der Waals surface area contributed by atoms with Crippen LogP contribution in [0.1, 0.15) is 11.1 Å². The zero-order valence-electron chi connectivity index (χ0n) is 13.9. The molecule has 130 valence electrons. The Morgan fingerprint density at radius 3 is 3.00 bits per heavy atom. The molecule has 1 aliphatic rings. The fourth-order valence-electron chi connectivity index (χ4n) is 3.27. The van der Waals surface area contributed by atoms with Gasteiger partial charge in [-0.3, -0.25) is 4.98 Å². The van der Waals surface area contributed by atoms with Gasteiger partial charge in [-0.2, -0.15) is 0 Å². The van der Waals surface area contributed by atoms with Crippen LogP contribution in [0, 0.1) is 0 Å². The van der Waals surface area contributed by atoms with Gasteiger partial charge in [0, 0.05) is 24.4 Å². The number of benzene rings is 1. The molecule has 6 nitrogen and oxygen atoms in total. The van der Waals surface area contributed by atoms with Crippen molar-refractivity contribution in [3.8, 4) is 5.75 Å². The number of likely N-dealkylation sites (N-methyl/N-ethyl adjacent to an activating group) is 1. The zero-order valence-corrected chi connectivity index (χ0v) is 14.7. The van der Waals surface area contributed by atoms with E-state index < -0.39 is 10.0 Å². The summed E-state index contributed by atoms with van der Waals surface area (Å²) < 4.78 is 33.6. The topological polar surface area (TPSA) is 73.2 Å². The lowest BCUT2D eigenvalue weighted by Gasteiger charge is -2.10. The Labute approximate surface area is 146 Å². The van der Waals surface area contributed by atoms with E-state index in [1.54, 1.807) is 36.7 Å². The van der Waals surface area contributed by atoms with Crippen molar-refractivity contribution in [1.29, 1.82) is 0 Å². The minimum atomic E-state index is -3.72. The van der Waals surface area contributed by atoms with Crippen LogP contribution in [0.2, 0.25) is 0 Å². The number of nitrogens with one attached hydrogen (secondary N) is 1. The van der Waals surface area contributed by atoms with Crippen LogP contribution in [0.5, 0.6) is 5.75 Å². The maximum Gasteiger partial charge on any atom is 0.268 e. The Morgan fingerprint density at radius 2 is 2.16 bits per heavy atom. The molecule has 1 aliphatic heterocycles. The summed E-state index contributed by atoms with van der Waals surface area (Å²) in [6.45, 7) is 1.27. The average molecular weight is 357 g/mol. The molecular formula is C18H19N3O3S. The third kappa shape index (κ3) is 2.60. The predicted molar refractivity (Wildman–Crippen MR) is 95.6 cm³/mol. The van der Waals surface area contributed by atoms with Crippen LogP contribution in [0.15, 0.2) is 47.6 Å². The van der Waals surface area contributed by atoms with E-state index in [2.05, 4.69) is 10.3 Å². The average Bonchev–Trinajstić information content (AvgIpc) is 3.24. The summed E-state index contributed by atoms with van der Waals surface area (Å²) in [5, 5.41) is 3.09. The fourth-order valence-corrected chi connectivity index (χ4v) is 4.92. The van der Waals surface area contributed by atoms with Crippen molar-refractivity contribution in [1.82, 2.24) is 14.3 Å². The van der Waals surface area contributed by atoms with Gasteiger partial charge >= 0.3 is 0 Å². The van der Waals surface area contributed by atoms with Gasteiger partial charge in [0.2, 0.25) is 0 Å². The van der Waals surface area contributed by atoms with Crippen molar-refractivity contribution in [2.24, 2.45) is 0 Å². The summed E-state index contributed by atoms with van der Waals surface area (Å²) in [5.74, 6) is 0.658. The summed E-state index contributed by atoms with van der Waals surface area (Å²) in [5.41, 5.74) is 3.00. The van der Waals surface area contributed by atoms with Gasteiger partial charge in [0.25, 0.3) is 10.0 Å². The van der Waals surface area contributed by atoms with Crippen molar-refractivity contribution >= 4 is 21.1 Å². The summed E-state index contributed by atoms with van der Waals surface area (Å²) in [6.07, 6.45) is 4.70. The molecular weight excluding hydrogens is 338 g/mol. The number of pyridine rings is 1. The smallest absolute Gasteiger partial charge is 0.268 e. The number of nitrogens with zero attached hydrogens (tertiary/aromatic N) is 2. The molecule has 0 bridgehead atoms. The van der Waals surface area contributed by atoms with Crippen LogP contribution in [0.4, 0.5) is 0 Å². The maximum atomic E-state index is 13.4. The van der Waals surface area contributed by atoms with E-state index in [1.165, 1.54) is 3.97 Å². The molecule has 2 aromatic heterocycles. The van der Waals surface area contributed by atoms with Crippen molar-refractivity contribution < 1.29 is 13.2 Å². The third-order valence-electron chi connectivity index (χ3n) is 4.48. The minimum absolute atomic E-state index is 0.309. The quantitative estimate of drug-likeness (QED) is 0.756. The molecule has 0 unspecified atom stereocenters. The van der Waals surface area contributed by atoms with Crippen molar-refractivity contribution in [2.45, 2.75) is 17.7 Å². The number of rotatable bonds is 5. The monoisotopic (exact) mass is 357 g/mol. The van der Waals surface area contributed by atoms with Crippen molar-refractivity contribution in [2.75, 3.05) is 20.2 Å². The molecule has 1 aromatic carbocycles. The second-order valence-corrected chi connectivity index (χ2v) is 7.79. The van der Waals surface area contributed by atoms with Crippen LogP contribution >= 0.6 is 0 Å². The number of ether oxygens (including phenoxy) is 1. The van der Waals surface area contributed by atoms with E-state index in [0.29, 0.717) is 35.6 Å². The number of hydrogen-bond donors (Lipinski definition) is 1. The summed E-state index contributed by atoms with van der Waals surface area (Å²) in [6, 6.07) is 8.74. The Balaban J connectivity index is 1.91. The molecule has 3 heterocycles. The lowest BCUT2D eigenvalue weighted by Crippen LogP contribution is -2.14. The summed E-state index contributed by atoms with van der Waals surface area (Å²) >= 11 is 0. The molecule has 0 spiro atoms. The van der Waals surface area contributed by atoms with Crippen LogP contribution < -0.4 is 10.1 Å². The second-order valence-electron chi connectivity index (χ2n) is 6.01. The SMILES string of the molecule is CNCCc1cn(S(=O)(=O)c2cccc3c2CCO3)c2cccnc12. The maximum absolute atomic E-state index is 13.4. The first-order valence-electron chi connectivity index (χ1n) is 8.23. The zero-order chi connectivity index (χ0) is 17.4. The first-order valence-corrected chi connectivity index (χ1v) is 9.67. The van der Waals surface area contributed by atoms with Crippen molar-refractivity contribution in [3.63, 3.8) is 0 Å². The third-order valence-corrected chi connectivity index (χ3v) is 6.24. The Kier molecular flexibility index (Phi) is 3.97. The highest BCUT2D eigenvalue weighted by molar-refractivity contribution is 7.90. The standard InChI is InChI=1S/C18H19N3O3S/c1-19-10-7-13-12-21(15-4-3-9-20-18(13)15)25(22,23)17-6-2-5-16-14(17)8-11-24-16/h2-6,9,12,19H,7-8,10-11H2,1H3. The van der Waals surface area contributed by atoms with E-state index >= 15 is 0 Å². The van der Waals surface area contributed by atoms with Gasteiger partial charge in [0.05, 0.1) is 22.5 Å². The van der Waals surface area contributed by atoms with Crippen LogP contribution in [0.25, 0.3) is 11.0 Å². The largest absolute Gasteiger partial charge is 0.493 e. The van der Waals surface area contributed by atoms with Crippen molar-refractivity contribution in [3.05, 3.63) is 53.9 Å². The highest BCUT2D eigenvalue weighted by atomic mass is 32.2. The van der Waals surface area contributed by atoms with Gasteiger partial charge in [0.1, 0.15) is 5.75 Å². The molecule has 0 saturated heterocycles. The number of hydrogen-bond acceptors (Lipinski definition) is 5. The minimum Gasteiger partial charge on any atom is -0.493 e. The molecule has 0 radical (unpaired) electrons. The highest BCUT2D eigenvalue weighted by Crippen LogP contribution is 2.33. The number of aromatic nitrogens is 2. The first-order chi connectivity index (χ1) is 12.1. The van der Waals surface area contributed by atoms with Crippen LogP contribution in [-0.4, -0.2) is 37.6 Å². The van der Waals surface area contributed by atoms with E-state index in [4.69, 9.17) is 4.74 Å². The van der Waals surface area contributed by atoms with Gasteiger partial charge in [0.15, 0.2) is 0 Å². The van der Waals surface area contributed by atoms with Gasteiger partial charge < -0.3 is 10.1 Å². The Bertz CT molecular complexity index is 1040. The van der Waals surface area contributed by atoms with E-state index in [0.717, 1.165) is 23.2 Å². The molecule has 0 aliphatic carbocycles. The molecule has 1 N–H and O–H groups in total. The molecule has 0 fully saturated rings. The van der Waals surface area contributed by atoms with Gasteiger partial charge in [-0.25, -0.2) is 12.4 Å². The predicted octanol–water partition coefficient (Wildman–Crippen LogP) is 1.97. The normalized spacial score (nSPS) is 13.8. The molecule has 0 saturated carbocycles. The molecule has 3 aromatic rings. The Hall–Kier alpha value is -2.38. The summed E-state index contributed by atoms with van der Waals surface area (Å²) in [7, 11) is -1.85. The molecule has 0 atom stereocenters. The summed E-state index contributed by atoms with van der Waals surface area (Å²) in [4.78, 5) is 4.71.